The van der Waals surface area contributed by atoms with Crippen molar-refractivity contribution in [1.82, 2.24) is 9.80 Å². The molecule has 2 heterocycles. The van der Waals surface area contributed by atoms with Gasteiger partial charge in [-0.2, -0.15) is 0 Å². The largest absolute Gasteiger partial charge is 0.399 e. The Morgan fingerprint density at radius 3 is 2.32 bits per heavy atom. The number of hydrogen-bond donors (Lipinski definition) is 1. The zero-order valence-corrected chi connectivity index (χ0v) is 11.9. The van der Waals surface area contributed by atoms with Gasteiger partial charge in [0.1, 0.15) is 0 Å². The lowest BCUT2D eigenvalue weighted by Gasteiger charge is -2.42. The van der Waals surface area contributed by atoms with E-state index in [1.165, 1.54) is 58.3 Å². The predicted molar refractivity (Wildman–Crippen MR) is 79.8 cm³/mol. The number of nitrogens with zero attached hydrogens (tertiary/aromatic N) is 2. The van der Waals surface area contributed by atoms with E-state index in [1.54, 1.807) is 0 Å². The third-order valence-corrected chi connectivity index (χ3v) is 4.98. The molecule has 3 aliphatic rings. The van der Waals surface area contributed by atoms with Crippen LogP contribution < -0.4 is 5.73 Å². The minimum absolute atomic E-state index is 0.592. The van der Waals surface area contributed by atoms with Crippen molar-refractivity contribution in [1.29, 1.82) is 0 Å². The van der Waals surface area contributed by atoms with Crippen molar-refractivity contribution in [2.24, 2.45) is 5.73 Å². The van der Waals surface area contributed by atoms with Crippen LogP contribution in [0.4, 0.5) is 0 Å². The topological polar surface area (TPSA) is 32.5 Å². The smallest absolute Gasteiger partial charge is 0.0317 e. The van der Waals surface area contributed by atoms with Crippen LogP contribution in [0.3, 0.4) is 0 Å². The molecular formula is C16H27N3. The summed E-state index contributed by atoms with van der Waals surface area (Å²) in [5.41, 5.74) is 6.73. The van der Waals surface area contributed by atoms with Gasteiger partial charge in [-0.15, -0.1) is 0 Å². The van der Waals surface area contributed by atoms with Gasteiger partial charge in [-0.3, -0.25) is 4.90 Å². The molecule has 19 heavy (non-hydrogen) atoms. The van der Waals surface area contributed by atoms with Crippen LogP contribution in [0.15, 0.2) is 23.9 Å². The van der Waals surface area contributed by atoms with Gasteiger partial charge in [0, 0.05) is 30.9 Å². The van der Waals surface area contributed by atoms with Gasteiger partial charge >= 0.3 is 0 Å². The molecule has 0 aromatic carbocycles. The Morgan fingerprint density at radius 1 is 0.947 bits per heavy atom. The molecule has 106 valence electrons. The molecule has 3 heteroatoms. The maximum Gasteiger partial charge on any atom is 0.0317 e. The van der Waals surface area contributed by atoms with Crippen LogP contribution in [0.25, 0.3) is 0 Å². The fourth-order valence-corrected chi connectivity index (χ4v) is 3.76. The second kappa shape index (κ2) is 6.10. The van der Waals surface area contributed by atoms with E-state index in [9.17, 15) is 0 Å². The fourth-order valence-electron chi connectivity index (χ4n) is 3.76. The normalized spacial score (nSPS) is 31.4. The van der Waals surface area contributed by atoms with Gasteiger partial charge in [0.2, 0.25) is 0 Å². The quantitative estimate of drug-likeness (QED) is 0.826. The highest BCUT2D eigenvalue weighted by atomic mass is 15.2. The number of piperidine rings is 2. The number of rotatable bonds is 2. The van der Waals surface area contributed by atoms with Crippen LogP contribution in [0, 0.1) is 0 Å². The monoisotopic (exact) mass is 261 g/mol. The van der Waals surface area contributed by atoms with Crippen molar-refractivity contribution in [3.8, 4) is 0 Å². The summed E-state index contributed by atoms with van der Waals surface area (Å²) in [6.45, 7) is 5.19. The molecule has 2 aliphatic heterocycles. The SMILES string of the molecule is NC1=CCC(N2CCC(N3CCCCC3)CC2)C=C1. The molecule has 2 fully saturated rings. The van der Waals surface area contributed by atoms with Gasteiger partial charge in [0.25, 0.3) is 0 Å². The molecule has 0 aromatic heterocycles. The highest BCUT2D eigenvalue weighted by molar-refractivity contribution is 5.22. The van der Waals surface area contributed by atoms with Gasteiger partial charge in [-0.05, 0) is 51.3 Å². The Kier molecular flexibility index (Phi) is 4.24. The first-order valence-corrected chi connectivity index (χ1v) is 7.95. The molecule has 0 amide bonds. The molecule has 3 nitrogen and oxygen atoms in total. The summed E-state index contributed by atoms with van der Waals surface area (Å²) in [5, 5.41) is 0. The van der Waals surface area contributed by atoms with Gasteiger partial charge in [0.05, 0.1) is 0 Å². The Morgan fingerprint density at radius 2 is 1.68 bits per heavy atom. The summed E-state index contributed by atoms with van der Waals surface area (Å²) >= 11 is 0. The molecule has 1 atom stereocenters. The van der Waals surface area contributed by atoms with Gasteiger partial charge in [-0.25, -0.2) is 0 Å². The van der Waals surface area contributed by atoms with E-state index in [4.69, 9.17) is 5.73 Å². The molecule has 0 aromatic rings. The average molecular weight is 261 g/mol. The summed E-state index contributed by atoms with van der Waals surface area (Å²) < 4.78 is 0. The van der Waals surface area contributed by atoms with Crippen LogP contribution in [-0.2, 0) is 0 Å². The lowest BCUT2D eigenvalue weighted by atomic mass is 9.97. The standard InChI is InChI=1S/C16H27N3/c17-14-4-6-15(7-5-14)19-12-8-16(9-13-19)18-10-2-1-3-11-18/h4-6,15-16H,1-3,7-13,17H2. The van der Waals surface area contributed by atoms with Crippen molar-refractivity contribution in [2.75, 3.05) is 26.2 Å². The first-order valence-electron chi connectivity index (χ1n) is 7.95. The average Bonchev–Trinajstić information content (AvgIpc) is 2.49. The van der Waals surface area contributed by atoms with Crippen molar-refractivity contribution in [3.63, 3.8) is 0 Å². The lowest BCUT2D eigenvalue weighted by Crippen LogP contribution is -2.49. The van der Waals surface area contributed by atoms with Crippen molar-refractivity contribution in [3.05, 3.63) is 23.9 Å². The highest BCUT2D eigenvalue weighted by Crippen LogP contribution is 2.24. The van der Waals surface area contributed by atoms with Gasteiger partial charge in [-0.1, -0.05) is 18.6 Å². The molecule has 0 saturated carbocycles. The number of likely N-dealkylation sites (tertiary alicyclic amines) is 2. The molecule has 1 unspecified atom stereocenters. The van der Waals surface area contributed by atoms with E-state index in [1.807, 2.05) is 0 Å². The number of allylic oxidation sites excluding steroid dienone is 1. The second-order valence-corrected chi connectivity index (χ2v) is 6.23. The minimum Gasteiger partial charge on any atom is -0.399 e. The molecule has 1 aliphatic carbocycles. The highest BCUT2D eigenvalue weighted by Gasteiger charge is 2.28. The number of hydrogen-bond acceptors (Lipinski definition) is 3. The minimum atomic E-state index is 0.592. The Bertz CT molecular complexity index is 347. The summed E-state index contributed by atoms with van der Waals surface area (Å²) in [6, 6.07) is 1.44. The zero-order valence-electron chi connectivity index (χ0n) is 11.9. The molecule has 2 N–H and O–H groups in total. The van der Waals surface area contributed by atoms with E-state index < -0.39 is 0 Å². The Balaban J connectivity index is 1.48. The van der Waals surface area contributed by atoms with E-state index in [2.05, 4.69) is 28.0 Å². The maximum atomic E-state index is 5.80. The third kappa shape index (κ3) is 3.21. The van der Waals surface area contributed by atoms with Crippen molar-refractivity contribution < 1.29 is 0 Å². The molecule has 3 rings (SSSR count). The summed E-state index contributed by atoms with van der Waals surface area (Å²) in [4.78, 5) is 5.38. The summed E-state index contributed by atoms with van der Waals surface area (Å²) in [7, 11) is 0. The van der Waals surface area contributed by atoms with Crippen LogP contribution >= 0.6 is 0 Å². The third-order valence-electron chi connectivity index (χ3n) is 4.98. The molecular weight excluding hydrogens is 234 g/mol. The maximum absolute atomic E-state index is 5.80. The number of nitrogens with two attached hydrogens (primary N) is 1. The van der Waals surface area contributed by atoms with Gasteiger partial charge < -0.3 is 10.6 Å². The van der Waals surface area contributed by atoms with Crippen LogP contribution in [0.5, 0.6) is 0 Å². The zero-order chi connectivity index (χ0) is 13.1. The fraction of sp³-hybridized carbons (Fsp3) is 0.750. The predicted octanol–water partition coefficient (Wildman–Crippen LogP) is 2.11. The van der Waals surface area contributed by atoms with Crippen LogP contribution in [-0.4, -0.2) is 48.1 Å². The van der Waals surface area contributed by atoms with Crippen LogP contribution in [0.1, 0.15) is 38.5 Å². The molecule has 2 saturated heterocycles. The van der Waals surface area contributed by atoms with Gasteiger partial charge in [0.15, 0.2) is 0 Å². The van der Waals surface area contributed by atoms with E-state index in [-0.39, 0.29) is 0 Å². The summed E-state index contributed by atoms with van der Waals surface area (Å²) in [6.07, 6.45) is 14.6. The molecule has 0 spiro atoms. The second-order valence-electron chi connectivity index (χ2n) is 6.23. The molecule has 0 bridgehead atoms. The summed E-state index contributed by atoms with van der Waals surface area (Å²) in [5.74, 6) is 0. The molecule has 0 radical (unpaired) electrons. The van der Waals surface area contributed by atoms with Crippen molar-refractivity contribution in [2.45, 2.75) is 50.6 Å². The first-order chi connectivity index (χ1) is 9.33. The Labute approximate surface area is 117 Å². The first kappa shape index (κ1) is 13.2. The Hall–Kier alpha value is -0.800. The van der Waals surface area contributed by atoms with E-state index >= 15 is 0 Å². The van der Waals surface area contributed by atoms with Crippen LogP contribution in [0.2, 0.25) is 0 Å². The van der Waals surface area contributed by atoms with E-state index in [0.29, 0.717) is 6.04 Å². The van der Waals surface area contributed by atoms with E-state index in [0.717, 1.165) is 18.2 Å². The lowest BCUT2D eigenvalue weighted by molar-refractivity contribution is 0.0816. The van der Waals surface area contributed by atoms with Crippen molar-refractivity contribution >= 4 is 0 Å².